The molecular formula is C25H30N6O2. The molecule has 3 N–H and O–H groups in total. The molecule has 3 aromatic rings. The topological polar surface area (TPSA) is 106 Å². The van der Waals surface area contributed by atoms with Gasteiger partial charge in [-0.05, 0) is 69.5 Å². The summed E-state index contributed by atoms with van der Waals surface area (Å²) < 4.78 is 0. The van der Waals surface area contributed by atoms with E-state index in [0.717, 1.165) is 48.3 Å². The third-order valence-corrected chi connectivity index (χ3v) is 6.09. The third kappa shape index (κ3) is 5.28. The summed E-state index contributed by atoms with van der Waals surface area (Å²) in [6, 6.07) is 13.8. The van der Waals surface area contributed by atoms with Gasteiger partial charge in [0.2, 0.25) is 5.91 Å². The van der Waals surface area contributed by atoms with Gasteiger partial charge in [-0.3, -0.25) is 14.5 Å². The summed E-state index contributed by atoms with van der Waals surface area (Å²) in [6.07, 6.45) is 1.84. The highest BCUT2D eigenvalue weighted by molar-refractivity contribution is 6.03. The number of hydrogen-bond donors (Lipinski definition) is 2. The van der Waals surface area contributed by atoms with Crippen LogP contribution >= 0.6 is 0 Å². The lowest BCUT2D eigenvalue weighted by Crippen LogP contribution is -2.40. The van der Waals surface area contributed by atoms with Crippen molar-refractivity contribution < 1.29 is 9.59 Å². The Kier molecular flexibility index (Phi) is 6.55. The molecule has 1 aliphatic heterocycles. The first kappa shape index (κ1) is 22.7. The smallest absolute Gasteiger partial charge is 0.278 e. The minimum absolute atomic E-state index is 0.0716. The Morgan fingerprint density at radius 3 is 2.55 bits per heavy atom. The van der Waals surface area contributed by atoms with Crippen LogP contribution in [0.15, 0.2) is 42.5 Å². The number of aryl methyl sites for hydroxylation is 3. The van der Waals surface area contributed by atoms with E-state index in [9.17, 15) is 9.59 Å². The molecule has 8 heteroatoms. The molecule has 1 aromatic heterocycles. The maximum Gasteiger partial charge on any atom is 0.278 e. The van der Waals surface area contributed by atoms with Crippen LogP contribution in [0, 0.1) is 26.7 Å². The zero-order chi connectivity index (χ0) is 23.5. The van der Waals surface area contributed by atoms with Gasteiger partial charge in [-0.15, -0.1) is 5.10 Å². The van der Waals surface area contributed by atoms with E-state index in [-0.39, 0.29) is 17.7 Å². The lowest BCUT2D eigenvalue weighted by atomic mass is 9.97. The highest BCUT2D eigenvalue weighted by Gasteiger charge is 2.24. The van der Waals surface area contributed by atoms with Crippen molar-refractivity contribution in [3.63, 3.8) is 0 Å². The summed E-state index contributed by atoms with van der Waals surface area (Å²) in [5.74, 6) is -0.586. The summed E-state index contributed by atoms with van der Waals surface area (Å²) in [4.78, 5) is 28.1. The average molecular weight is 447 g/mol. The molecule has 1 saturated heterocycles. The van der Waals surface area contributed by atoms with Crippen LogP contribution < -0.4 is 11.1 Å². The number of rotatable bonds is 6. The molecule has 1 unspecified atom stereocenters. The molecule has 2 heterocycles. The number of hydrogen-bond acceptors (Lipinski definition) is 5. The number of nitrogens with zero attached hydrogens (tertiary/aromatic N) is 4. The monoisotopic (exact) mass is 446 g/mol. The maximum atomic E-state index is 12.8. The first-order valence-electron chi connectivity index (χ1n) is 11.2. The molecule has 1 atom stereocenters. The van der Waals surface area contributed by atoms with E-state index < -0.39 is 0 Å². The molecular weight excluding hydrogens is 416 g/mol. The summed E-state index contributed by atoms with van der Waals surface area (Å²) in [5.41, 5.74) is 11.2. The predicted octanol–water partition coefficient (Wildman–Crippen LogP) is 3.14. The Bertz CT molecular complexity index is 1170. The van der Waals surface area contributed by atoms with Crippen LogP contribution in [0.1, 0.15) is 45.7 Å². The second-order valence-electron chi connectivity index (χ2n) is 8.84. The predicted molar refractivity (Wildman–Crippen MR) is 127 cm³/mol. The van der Waals surface area contributed by atoms with Gasteiger partial charge in [0, 0.05) is 18.8 Å². The Morgan fingerprint density at radius 2 is 1.85 bits per heavy atom. The number of likely N-dealkylation sites (tertiary alicyclic amines) is 1. The Labute approximate surface area is 193 Å². The van der Waals surface area contributed by atoms with Gasteiger partial charge in [0.25, 0.3) is 5.91 Å². The van der Waals surface area contributed by atoms with Crippen molar-refractivity contribution in [3.05, 3.63) is 70.5 Å². The Hall–Kier alpha value is -3.52. The second-order valence-corrected chi connectivity index (χ2v) is 8.84. The number of piperidine rings is 1. The summed E-state index contributed by atoms with van der Waals surface area (Å²) in [7, 11) is 0. The van der Waals surface area contributed by atoms with Crippen molar-refractivity contribution in [2.45, 2.75) is 40.2 Å². The number of nitrogens with two attached hydrogens (primary N) is 1. The summed E-state index contributed by atoms with van der Waals surface area (Å²) in [6.45, 7) is 8.22. The molecule has 0 spiro atoms. The zero-order valence-electron chi connectivity index (χ0n) is 19.3. The fourth-order valence-electron chi connectivity index (χ4n) is 4.30. The lowest BCUT2D eigenvalue weighted by Gasteiger charge is -2.31. The molecule has 1 fully saturated rings. The van der Waals surface area contributed by atoms with Gasteiger partial charge in [-0.1, -0.05) is 29.8 Å². The van der Waals surface area contributed by atoms with Crippen molar-refractivity contribution in [3.8, 4) is 5.69 Å². The number of nitrogens with one attached hydrogen (secondary N) is 1. The van der Waals surface area contributed by atoms with Gasteiger partial charge in [0.05, 0.1) is 17.3 Å². The van der Waals surface area contributed by atoms with Crippen LogP contribution in [-0.4, -0.2) is 44.8 Å². The van der Waals surface area contributed by atoms with Gasteiger partial charge >= 0.3 is 0 Å². The number of benzene rings is 2. The van der Waals surface area contributed by atoms with Crippen molar-refractivity contribution in [1.29, 1.82) is 0 Å². The van der Waals surface area contributed by atoms with Gasteiger partial charge in [-0.25, -0.2) is 0 Å². The molecule has 2 amide bonds. The minimum atomic E-state index is -0.295. The van der Waals surface area contributed by atoms with Crippen molar-refractivity contribution in [2.75, 3.05) is 18.4 Å². The van der Waals surface area contributed by atoms with E-state index in [4.69, 9.17) is 5.73 Å². The van der Waals surface area contributed by atoms with Gasteiger partial charge in [-0.2, -0.15) is 9.90 Å². The molecule has 1 aliphatic rings. The van der Waals surface area contributed by atoms with Crippen LogP contribution in [0.3, 0.4) is 0 Å². The first-order valence-corrected chi connectivity index (χ1v) is 11.2. The van der Waals surface area contributed by atoms with Crippen molar-refractivity contribution in [2.24, 2.45) is 11.7 Å². The molecule has 0 radical (unpaired) electrons. The molecule has 4 rings (SSSR count). The standard InChI is InChI=1S/C25H30N6O2/c1-16-6-11-22(17(2)13-16)31-28-18(3)23(29-31)25(33)27-21-9-7-19(8-10-21)14-30-12-4-5-20(15-30)24(26)32/h6-11,13,20H,4-5,12,14-15H2,1-3H3,(H2,26,32)(H,27,33). The van der Waals surface area contributed by atoms with E-state index in [1.807, 2.05) is 50.2 Å². The lowest BCUT2D eigenvalue weighted by molar-refractivity contribution is -0.123. The Morgan fingerprint density at radius 1 is 1.09 bits per heavy atom. The quantitative estimate of drug-likeness (QED) is 0.605. The zero-order valence-corrected chi connectivity index (χ0v) is 19.3. The van der Waals surface area contributed by atoms with E-state index >= 15 is 0 Å². The highest BCUT2D eigenvalue weighted by Crippen LogP contribution is 2.20. The van der Waals surface area contributed by atoms with Crippen LogP contribution in [0.2, 0.25) is 0 Å². The van der Waals surface area contributed by atoms with E-state index in [0.29, 0.717) is 23.6 Å². The highest BCUT2D eigenvalue weighted by atomic mass is 16.2. The SMILES string of the molecule is Cc1ccc(-n2nc(C)c(C(=O)Nc3ccc(CN4CCCC(C(N)=O)C4)cc3)n2)c(C)c1. The normalized spacial score (nSPS) is 16.5. The second kappa shape index (κ2) is 9.54. The molecule has 33 heavy (non-hydrogen) atoms. The van der Waals surface area contributed by atoms with Gasteiger partial charge in [0.1, 0.15) is 0 Å². The van der Waals surface area contributed by atoms with Crippen LogP contribution in [0.4, 0.5) is 5.69 Å². The van der Waals surface area contributed by atoms with Gasteiger partial charge in [0.15, 0.2) is 5.69 Å². The van der Waals surface area contributed by atoms with Crippen LogP contribution in [0.5, 0.6) is 0 Å². The van der Waals surface area contributed by atoms with E-state index in [1.54, 1.807) is 6.92 Å². The molecule has 8 nitrogen and oxygen atoms in total. The molecule has 0 aliphatic carbocycles. The van der Waals surface area contributed by atoms with Gasteiger partial charge < -0.3 is 11.1 Å². The van der Waals surface area contributed by atoms with Crippen LogP contribution in [-0.2, 0) is 11.3 Å². The average Bonchev–Trinajstić information content (AvgIpc) is 3.16. The largest absolute Gasteiger partial charge is 0.369 e. The number of anilines is 1. The third-order valence-electron chi connectivity index (χ3n) is 6.09. The molecule has 0 saturated carbocycles. The first-order chi connectivity index (χ1) is 15.8. The number of primary amides is 1. The van der Waals surface area contributed by atoms with Crippen molar-refractivity contribution >= 4 is 17.5 Å². The maximum absolute atomic E-state index is 12.8. The fourth-order valence-corrected chi connectivity index (χ4v) is 4.30. The number of amides is 2. The molecule has 2 aromatic carbocycles. The van der Waals surface area contributed by atoms with E-state index in [1.165, 1.54) is 4.80 Å². The van der Waals surface area contributed by atoms with E-state index in [2.05, 4.69) is 26.5 Å². The number of aromatic nitrogens is 3. The number of carbonyl (C=O) groups is 2. The summed E-state index contributed by atoms with van der Waals surface area (Å²) >= 11 is 0. The number of carbonyl (C=O) groups excluding carboxylic acids is 2. The Balaban J connectivity index is 1.41. The molecule has 0 bridgehead atoms. The minimum Gasteiger partial charge on any atom is -0.369 e. The van der Waals surface area contributed by atoms with Crippen molar-refractivity contribution in [1.82, 2.24) is 19.9 Å². The molecule has 172 valence electrons. The van der Waals surface area contributed by atoms with Crippen LogP contribution in [0.25, 0.3) is 5.69 Å². The summed E-state index contributed by atoms with van der Waals surface area (Å²) in [5, 5.41) is 11.8. The fraction of sp³-hybridized carbons (Fsp3) is 0.360.